The molecule has 112 valence electrons. The number of rotatable bonds is 4. The van der Waals surface area contributed by atoms with Crippen LogP contribution in [0.3, 0.4) is 0 Å². The molecule has 1 aromatic carbocycles. The van der Waals surface area contributed by atoms with Crippen molar-refractivity contribution in [3.63, 3.8) is 0 Å². The average molecular weight is 286 g/mol. The highest BCUT2D eigenvalue weighted by atomic mass is 32.1. The third kappa shape index (κ3) is 5.72. The first kappa shape index (κ1) is 20.4. The lowest BCUT2D eigenvalue weighted by Gasteiger charge is -2.27. The van der Waals surface area contributed by atoms with Crippen molar-refractivity contribution in [3.05, 3.63) is 14.7 Å². The zero-order valence-corrected chi connectivity index (χ0v) is 14.6. The van der Waals surface area contributed by atoms with Gasteiger partial charge < -0.3 is 9.80 Å². The lowest BCUT2D eigenvalue weighted by atomic mass is 10.1. The molecule has 0 aliphatic carbocycles. The van der Waals surface area contributed by atoms with Crippen LogP contribution in [-0.4, -0.2) is 27.7 Å². The summed E-state index contributed by atoms with van der Waals surface area (Å²) in [5.41, 5.74) is 1.68. The molecule has 4 heteroatoms. The lowest BCUT2D eigenvalue weighted by Crippen LogP contribution is -2.32. The predicted molar refractivity (Wildman–Crippen MR) is 91.1 cm³/mol. The molecule has 1 aromatic rings. The van der Waals surface area contributed by atoms with E-state index < -0.39 is 0 Å². The van der Waals surface area contributed by atoms with Gasteiger partial charge in [-0.3, -0.25) is 4.79 Å². The van der Waals surface area contributed by atoms with Crippen LogP contribution in [-0.2, 0) is 0 Å². The molecule has 0 spiro atoms. The van der Waals surface area contributed by atoms with Gasteiger partial charge in [-0.2, -0.15) is 0 Å². The average Bonchev–Trinajstić information content (AvgIpc) is 2.37. The zero-order valence-electron chi connectivity index (χ0n) is 13.8. The minimum absolute atomic E-state index is 0.0136. The number of hydrogen-bond acceptors (Lipinski definition) is 4. The van der Waals surface area contributed by atoms with Crippen LogP contribution in [0.25, 0.3) is 0 Å². The van der Waals surface area contributed by atoms with E-state index in [4.69, 9.17) is 12.2 Å². The van der Waals surface area contributed by atoms with Gasteiger partial charge in [-0.15, -0.1) is 0 Å². The molecule has 0 saturated heterocycles. The molecule has 0 amide bonds. The number of anilines is 2. The molecule has 19 heavy (non-hydrogen) atoms. The normalized spacial score (nSPS) is 9.05. The Labute approximate surface area is 123 Å². The van der Waals surface area contributed by atoms with Gasteiger partial charge in [-0.1, -0.05) is 53.3 Å². The number of nitrogens with zero attached hydrogens (tertiary/aromatic N) is 2. The third-order valence-electron chi connectivity index (χ3n) is 2.25. The Morgan fingerprint density at radius 3 is 1.74 bits per heavy atom. The molecule has 0 atom stereocenters. The maximum atomic E-state index is 11.5. The summed E-state index contributed by atoms with van der Waals surface area (Å²) in [4.78, 5) is 15.4. The second-order valence-corrected chi connectivity index (χ2v) is 4.79. The van der Waals surface area contributed by atoms with Crippen LogP contribution in [0.1, 0.15) is 47.5 Å². The molecule has 3 nitrogen and oxygen atoms in total. The van der Waals surface area contributed by atoms with Crippen molar-refractivity contribution in [2.45, 2.75) is 47.5 Å². The first-order valence-corrected chi connectivity index (χ1v) is 7.54. The Bertz CT molecular complexity index is 406. The van der Waals surface area contributed by atoms with E-state index in [9.17, 15) is 4.79 Å². The fourth-order valence-corrected chi connectivity index (χ4v) is 1.96. The molecule has 0 N–H and O–H groups in total. The first-order chi connectivity index (χ1) is 8.92. The van der Waals surface area contributed by atoms with Crippen molar-refractivity contribution in [2.24, 2.45) is 0 Å². The molecule has 0 bridgehead atoms. The van der Waals surface area contributed by atoms with Crippen LogP contribution < -0.4 is 15.2 Å². The maximum Gasteiger partial charge on any atom is 0.224 e. The van der Waals surface area contributed by atoms with E-state index in [1.807, 2.05) is 44.8 Å². The molecule has 0 fully saturated rings. The van der Waals surface area contributed by atoms with Gasteiger partial charge in [-0.05, 0) is 6.42 Å². The molecule has 0 aliphatic heterocycles. The van der Waals surface area contributed by atoms with Crippen LogP contribution in [0.4, 0.5) is 11.4 Å². The largest absolute Gasteiger partial charge is 0.375 e. The molecular weight excluding hydrogens is 256 g/mol. The highest BCUT2D eigenvalue weighted by Gasteiger charge is 2.21. The summed E-state index contributed by atoms with van der Waals surface area (Å²) >= 11 is 5.01. The van der Waals surface area contributed by atoms with Crippen LogP contribution in [0.5, 0.6) is 0 Å². The van der Waals surface area contributed by atoms with Crippen LogP contribution >= 0.6 is 12.2 Å². The van der Waals surface area contributed by atoms with Gasteiger partial charge in [-0.25, -0.2) is 0 Å². The van der Waals surface area contributed by atoms with E-state index in [1.165, 1.54) is 6.42 Å². The Morgan fingerprint density at radius 2 is 1.42 bits per heavy atom. The van der Waals surface area contributed by atoms with E-state index in [0.29, 0.717) is 4.51 Å². The second-order valence-electron chi connectivity index (χ2n) is 4.38. The second kappa shape index (κ2) is 11.0. The van der Waals surface area contributed by atoms with Gasteiger partial charge >= 0.3 is 0 Å². The Hall–Kier alpha value is -0.900. The van der Waals surface area contributed by atoms with E-state index >= 15 is 0 Å². The van der Waals surface area contributed by atoms with Crippen LogP contribution in [0.15, 0.2) is 4.79 Å². The van der Waals surface area contributed by atoms with Crippen LogP contribution in [0.2, 0.25) is 0 Å². The van der Waals surface area contributed by atoms with Gasteiger partial charge in [0.2, 0.25) is 5.43 Å². The molecule has 0 radical (unpaired) electrons. The summed E-state index contributed by atoms with van der Waals surface area (Å²) in [5.74, 6) is 0. The van der Waals surface area contributed by atoms with E-state index in [0.717, 1.165) is 24.3 Å². The predicted octanol–water partition coefficient (Wildman–Crippen LogP) is 4.01. The summed E-state index contributed by atoms with van der Waals surface area (Å²) in [6, 6.07) is 0. The molecular formula is C15H30N2OS. The number of hydrogen-bond donors (Lipinski definition) is 0. The molecule has 0 aromatic heterocycles. The summed E-state index contributed by atoms with van der Waals surface area (Å²) in [5, 5.41) is 0. The fraction of sp³-hybridized carbons (Fsp3) is 0.733. The summed E-state index contributed by atoms with van der Waals surface area (Å²) in [6.45, 7) is 11.2. The van der Waals surface area contributed by atoms with Gasteiger partial charge in [0, 0.05) is 27.7 Å². The highest BCUT2D eigenvalue weighted by molar-refractivity contribution is 7.71. The van der Waals surface area contributed by atoms with Crippen molar-refractivity contribution in [1.82, 2.24) is 0 Å². The molecule has 0 unspecified atom stereocenters. The van der Waals surface area contributed by atoms with Gasteiger partial charge in [0.05, 0.1) is 5.69 Å². The zero-order chi connectivity index (χ0) is 15.6. The standard InChI is InChI=1S/C10H16N2OS.C3H8.C2H6/c1-5-6-12(4)7-8(11(2)3)10(14)9(7)13;1-3-2;1-2/h5-6H2,1-4H3;3H2,1-2H3;1-2H3. The van der Waals surface area contributed by atoms with E-state index in [2.05, 4.69) is 20.8 Å². The van der Waals surface area contributed by atoms with Crippen molar-refractivity contribution in [2.75, 3.05) is 37.5 Å². The van der Waals surface area contributed by atoms with Crippen molar-refractivity contribution in [1.29, 1.82) is 0 Å². The van der Waals surface area contributed by atoms with Gasteiger partial charge in [0.15, 0.2) is 0 Å². The van der Waals surface area contributed by atoms with Crippen molar-refractivity contribution >= 4 is 23.6 Å². The molecule has 0 heterocycles. The summed E-state index contributed by atoms with van der Waals surface area (Å²) in [7, 11) is 5.75. The Balaban J connectivity index is 0. The SMILES string of the molecule is CC.CCC.CCCN(C)c1c(N(C)C)c(=S)c1=O. The minimum Gasteiger partial charge on any atom is -0.375 e. The summed E-state index contributed by atoms with van der Waals surface area (Å²) < 4.78 is 0.466. The molecule has 0 aliphatic rings. The van der Waals surface area contributed by atoms with Crippen molar-refractivity contribution < 1.29 is 0 Å². The van der Waals surface area contributed by atoms with E-state index in [1.54, 1.807) is 0 Å². The lowest BCUT2D eigenvalue weighted by molar-refractivity contribution is 0.842. The molecule has 1 rings (SSSR count). The van der Waals surface area contributed by atoms with Crippen molar-refractivity contribution in [3.8, 4) is 0 Å². The fourth-order valence-electron chi connectivity index (χ4n) is 1.58. The topological polar surface area (TPSA) is 23.6 Å². The minimum atomic E-state index is 0.0136. The van der Waals surface area contributed by atoms with Crippen LogP contribution in [0, 0.1) is 4.51 Å². The Morgan fingerprint density at radius 1 is 1.00 bits per heavy atom. The monoisotopic (exact) mass is 286 g/mol. The maximum absolute atomic E-state index is 11.5. The van der Waals surface area contributed by atoms with Gasteiger partial charge in [0.1, 0.15) is 10.2 Å². The first-order valence-electron chi connectivity index (χ1n) is 7.13. The highest BCUT2D eigenvalue weighted by Crippen LogP contribution is 2.28. The summed E-state index contributed by atoms with van der Waals surface area (Å²) in [6.07, 6.45) is 2.28. The quantitative estimate of drug-likeness (QED) is 0.780. The Kier molecular flexibility index (Phi) is 11.8. The van der Waals surface area contributed by atoms with E-state index in [-0.39, 0.29) is 5.43 Å². The molecule has 0 saturated carbocycles. The third-order valence-corrected chi connectivity index (χ3v) is 2.63. The smallest absolute Gasteiger partial charge is 0.224 e. The van der Waals surface area contributed by atoms with Gasteiger partial charge in [0.25, 0.3) is 0 Å².